The molecule has 57 heavy (non-hydrogen) atoms. The Morgan fingerprint density at radius 3 is 1.40 bits per heavy atom. The van der Waals surface area contributed by atoms with E-state index in [4.69, 9.17) is 9.05 Å². The number of carbonyl (C=O) groups excluding carboxylic acids is 1. The molecule has 3 N–H and O–H groups in total. The number of phosphoric acid groups is 1. The summed E-state index contributed by atoms with van der Waals surface area (Å²) in [5, 5.41) is 13.8. The summed E-state index contributed by atoms with van der Waals surface area (Å²) in [5.74, 6) is -0.196. The minimum Gasteiger partial charge on any atom is -0.387 e. The van der Waals surface area contributed by atoms with Gasteiger partial charge in [0.1, 0.15) is 13.2 Å². The quantitative estimate of drug-likeness (QED) is 0.0245. The number of rotatable bonds is 43. The molecular weight excluding hydrogens is 732 g/mol. The zero-order valence-corrected chi connectivity index (χ0v) is 39.0. The van der Waals surface area contributed by atoms with Gasteiger partial charge in [0.15, 0.2) is 0 Å². The highest BCUT2D eigenvalue weighted by molar-refractivity contribution is 7.47. The lowest BCUT2D eigenvalue weighted by molar-refractivity contribution is -0.870. The van der Waals surface area contributed by atoms with Crippen LogP contribution in [0.1, 0.15) is 213 Å². The first-order chi connectivity index (χ1) is 27.5. The number of quaternary nitrogens is 1. The maximum absolute atomic E-state index is 12.9. The van der Waals surface area contributed by atoms with E-state index in [-0.39, 0.29) is 19.1 Å². The second kappa shape index (κ2) is 40.1. The molecule has 0 rings (SSSR count). The molecule has 3 atom stereocenters. The van der Waals surface area contributed by atoms with Gasteiger partial charge in [0.25, 0.3) is 0 Å². The number of aliphatic hydroxyl groups excluding tert-OH is 1. The van der Waals surface area contributed by atoms with Crippen LogP contribution < -0.4 is 5.32 Å². The van der Waals surface area contributed by atoms with Crippen molar-refractivity contribution < 1.29 is 32.9 Å². The fourth-order valence-corrected chi connectivity index (χ4v) is 7.49. The van der Waals surface area contributed by atoms with Gasteiger partial charge in [-0.3, -0.25) is 13.8 Å². The van der Waals surface area contributed by atoms with Crippen LogP contribution in [0.5, 0.6) is 0 Å². The molecule has 0 aromatic heterocycles. The second-order valence-electron chi connectivity index (χ2n) is 17.5. The number of carbonyl (C=O) groups is 1. The van der Waals surface area contributed by atoms with Gasteiger partial charge in [0.2, 0.25) is 5.91 Å². The topological polar surface area (TPSA) is 105 Å². The molecule has 9 heteroatoms. The number of hydrogen-bond donors (Lipinski definition) is 3. The third kappa shape index (κ3) is 42.6. The molecule has 336 valence electrons. The molecule has 0 aromatic carbocycles. The molecular formula is C48H94N2O6P+. The summed E-state index contributed by atoms with van der Waals surface area (Å²) in [5.41, 5.74) is 0. The zero-order chi connectivity index (χ0) is 42.1. The number of aliphatic hydroxyl groups is 1. The van der Waals surface area contributed by atoms with Gasteiger partial charge >= 0.3 is 7.82 Å². The number of nitrogens with one attached hydrogen (secondary N) is 1. The lowest BCUT2D eigenvalue weighted by atomic mass is 10.0. The SMILES string of the molecule is CCCCCCC/C=C\CCCCCCCC(=O)NC(COP(=O)(O)OCC[N+](C)(C)C)C(O)/C=C/CC/C=C/CCCCCCCCCCCCCCCCC. The molecule has 0 aliphatic rings. The van der Waals surface area contributed by atoms with Crippen molar-refractivity contribution in [2.75, 3.05) is 40.9 Å². The lowest BCUT2D eigenvalue weighted by Crippen LogP contribution is -2.45. The van der Waals surface area contributed by atoms with Crippen molar-refractivity contribution in [2.45, 2.75) is 225 Å². The van der Waals surface area contributed by atoms with E-state index in [2.05, 4.69) is 43.5 Å². The number of amides is 1. The minimum absolute atomic E-state index is 0.0547. The van der Waals surface area contributed by atoms with Crippen molar-refractivity contribution in [3.8, 4) is 0 Å². The average Bonchev–Trinajstić information content (AvgIpc) is 3.16. The molecule has 3 unspecified atom stereocenters. The number of allylic oxidation sites excluding steroid dienone is 5. The van der Waals surface area contributed by atoms with Crippen molar-refractivity contribution >= 4 is 13.7 Å². The molecule has 0 aliphatic carbocycles. The van der Waals surface area contributed by atoms with E-state index < -0.39 is 20.0 Å². The first kappa shape index (κ1) is 55.7. The van der Waals surface area contributed by atoms with Crippen molar-refractivity contribution in [3.63, 3.8) is 0 Å². The first-order valence-corrected chi connectivity index (χ1v) is 25.4. The Hall–Kier alpha value is -1.28. The maximum Gasteiger partial charge on any atom is 0.472 e. The number of hydrogen-bond acceptors (Lipinski definition) is 5. The van der Waals surface area contributed by atoms with Crippen LogP contribution in [0.2, 0.25) is 0 Å². The van der Waals surface area contributed by atoms with Gasteiger partial charge in [-0.15, -0.1) is 0 Å². The molecule has 8 nitrogen and oxygen atoms in total. The number of unbranched alkanes of at least 4 members (excludes halogenated alkanes) is 26. The first-order valence-electron chi connectivity index (χ1n) is 23.9. The van der Waals surface area contributed by atoms with Gasteiger partial charge in [0, 0.05) is 6.42 Å². The second-order valence-corrected chi connectivity index (χ2v) is 18.9. The molecule has 0 bridgehead atoms. The Labute approximate surface area is 353 Å². The molecule has 0 aromatic rings. The summed E-state index contributed by atoms with van der Waals surface area (Å²) in [7, 11) is 1.55. The third-order valence-corrected chi connectivity index (χ3v) is 11.6. The fourth-order valence-electron chi connectivity index (χ4n) is 6.76. The molecule has 0 fully saturated rings. The van der Waals surface area contributed by atoms with E-state index in [1.165, 1.54) is 141 Å². The lowest BCUT2D eigenvalue weighted by Gasteiger charge is -2.25. The highest BCUT2D eigenvalue weighted by Gasteiger charge is 2.27. The van der Waals surface area contributed by atoms with Gasteiger partial charge in [0.05, 0.1) is 39.9 Å². The Morgan fingerprint density at radius 1 is 0.579 bits per heavy atom. The fraction of sp³-hybridized carbons (Fsp3) is 0.854. The van der Waals surface area contributed by atoms with Crippen molar-refractivity contribution in [1.82, 2.24) is 5.32 Å². The maximum atomic E-state index is 12.9. The summed E-state index contributed by atoms with van der Waals surface area (Å²) in [6, 6.07) is -0.865. The third-order valence-electron chi connectivity index (χ3n) is 10.6. The van der Waals surface area contributed by atoms with Crippen LogP contribution in [-0.2, 0) is 18.4 Å². The molecule has 0 saturated carbocycles. The van der Waals surface area contributed by atoms with E-state index in [0.29, 0.717) is 17.4 Å². The summed E-state index contributed by atoms with van der Waals surface area (Å²) in [4.78, 5) is 23.1. The van der Waals surface area contributed by atoms with Gasteiger partial charge < -0.3 is 19.8 Å². The highest BCUT2D eigenvalue weighted by Crippen LogP contribution is 2.43. The molecule has 0 radical (unpaired) electrons. The number of nitrogens with zero attached hydrogens (tertiary/aromatic N) is 1. The van der Waals surface area contributed by atoms with Crippen LogP contribution in [0.4, 0.5) is 0 Å². The van der Waals surface area contributed by atoms with Gasteiger partial charge in [-0.05, 0) is 57.8 Å². The Balaban J connectivity index is 4.41. The molecule has 1 amide bonds. The van der Waals surface area contributed by atoms with E-state index in [9.17, 15) is 19.4 Å². The minimum atomic E-state index is -4.35. The van der Waals surface area contributed by atoms with Crippen molar-refractivity contribution in [1.29, 1.82) is 0 Å². The normalized spacial score (nSPS) is 14.6. The predicted molar refractivity (Wildman–Crippen MR) is 244 cm³/mol. The highest BCUT2D eigenvalue weighted by atomic mass is 31.2. The van der Waals surface area contributed by atoms with Crippen LogP contribution >= 0.6 is 7.82 Å². The van der Waals surface area contributed by atoms with Crippen LogP contribution in [0, 0.1) is 0 Å². The van der Waals surface area contributed by atoms with Gasteiger partial charge in [-0.2, -0.15) is 0 Å². The van der Waals surface area contributed by atoms with E-state index in [1.807, 2.05) is 27.2 Å². The van der Waals surface area contributed by atoms with E-state index in [1.54, 1.807) is 6.08 Å². The molecule has 0 heterocycles. The number of likely N-dealkylation sites (N-methyl/N-ethyl adjacent to an activating group) is 1. The van der Waals surface area contributed by atoms with Crippen LogP contribution in [0.3, 0.4) is 0 Å². The number of phosphoric ester groups is 1. The van der Waals surface area contributed by atoms with E-state index in [0.717, 1.165) is 51.4 Å². The van der Waals surface area contributed by atoms with Crippen molar-refractivity contribution in [3.05, 3.63) is 36.5 Å². The molecule has 0 aliphatic heterocycles. The van der Waals surface area contributed by atoms with Gasteiger partial charge in [-0.25, -0.2) is 4.57 Å². The van der Waals surface area contributed by atoms with Crippen LogP contribution in [0.25, 0.3) is 0 Å². The van der Waals surface area contributed by atoms with Crippen molar-refractivity contribution in [2.24, 2.45) is 0 Å². The Morgan fingerprint density at radius 2 is 0.965 bits per heavy atom. The van der Waals surface area contributed by atoms with Crippen LogP contribution in [0.15, 0.2) is 36.5 Å². The summed E-state index contributed by atoms with van der Waals surface area (Å²) >= 11 is 0. The average molecular weight is 826 g/mol. The summed E-state index contributed by atoms with van der Waals surface area (Å²) < 4.78 is 23.6. The standard InChI is InChI=1S/C48H93N2O6P/c1-6-8-10-12-14-16-18-20-22-23-24-25-26-27-28-29-31-33-35-37-39-41-47(51)46(45-56-57(53,54)55-44-43-50(3,4)5)49-48(52)42-40-38-36-34-32-30-21-19-17-15-13-11-9-7-2/h19,21,31,33,39,41,46-47,51H,6-18,20,22-30,32,34-38,40,42-45H2,1-5H3,(H-,49,52,53,54)/p+1/b21-19-,33-31+,41-39+. The molecule has 0 saturated heterocycles. The Bertz CT molecular complexity index is 1030. The van der Waals surface area contributed by atoms with Gasteiger partial charge in [-0.1, -0.05) is 185 Å². The smallest absolute Gasteiger partial charge is 0.387 e. The molecule has 0 spiro atoms. The van der Waals surface area contributed by atoms with Crippen LogP contribution in [-0.4, -0.2) is 73.4 Å². The monoisotopic (exact) mass is 826 g/mol. The predicted octanol–water partition coefficient (Wildman–Crippen LogP) is 13.5. The summed E-state index contributed by atoms with van der Waals surface area (Å²) in [6.45, 7) is 4.78. The zero-order valence-electron chi connectivity index (χ0n) is 38.1. The largest absolute Gasteiger partial charge is 0.472 e. The van der Waals surface area contributed by atoms with E-state index >= 15 is 0 Å². The Kier molecular flexibility index (Phi) is 39.2. The summed E-state index contributed by atoms with van der Waals surface area (Å²) in [6.07, 6.45) is 49.4.